The summed E-state index contributed by atoms with van der Waals surface area (Å²) >= 11 is 0. The minimum atomic E-state index is 0.0755. The molecule has 3 nitrogen and oxygen atoms in total. The molecule has 0 aliphatic heterocycles. The van der Waals surface area contributed by atoms with Crippen LogP contribution in [0.3, 0.4) is 0 Å². The fraction of sp³-hybridized carbons (Fsp3) is 0.611. The van der Waals surface area contributed by atoms with E-state index in [1.807, 2.05) is 25.1 Å². The monoisotopic (exact) mass is 290 g/mol. The van der Waals surface area contributed by atoms with Gasteiger partial charge in [-0.2, -0.15) is 0 Å². The highest BCUT2D eigenvalue weighted by molar-refractivity contribution is 5.94. The third-order valence-electron chi connectivity index (χ3n) is 4.10. The van der Waals surface area contributed by atoms with Gasteiger partial charge in [-0.25, -0.2) is 0 Å². The molecule has 3 heteroatoms. The molecular weight excluding hydrogens is 264 g/mol. The topological polar surface area (TPSA) is 35.5 Å². The van der Waals surface area contributed by atoms with E-state index in [-0.39, 0.29) is 5.78 Å². The van der Waals surface area contributed by atoms with Crippen molar-refractivity contribution in [3.05, 3.63) is 29.3 Å². The molecule has 0 heterocycles. The minimum absolute atomic E-state index is 0.0755. The van der Waals surface area contributed by atoms with Crippen molar-refractivity contribution in [1.29, 1.82) is 0 Å². The molecule has 0 aromatic heterocycles. The number of ketones is 1. The van der Waals surface area contributed by atoms with Gasteiger partial charge in [-0.1, -0.05) is 19.3 Å². The van der Waals surface area contributed by atoms with Gasteiger partial charge in [0.2, 0.25) is 0 Å². The normalized spacial score (nSPS) is 15.9. The first kappa shape index (κ1) is 16.0. The van der Waals surface area contributed by atoms with Crippen molar-refractivity contribution in [2.24, 2.45) is 5.92 Å². The zero-order valence-electron chi connectivity index (χ0n) is 13.2. The van der Waals surface area contributed by atoms with E-state index in [2.05, 4.69) is 0 Å². The first-order chi connectivity index (χ1) is 10.2. The quantitative estimate of drug-likeness (QED) is 0.699. The van der Waals surface area contributed by atoms with E-state index >= 15 is 0 Å². The van der Waals surface area contributed by atoms with Gasteiger partial charge >= 0.3 is 0 Å². The maximum Gasteiger partial charge on any atom is 0.159 e. The highest BCUT2D eigenvalue weighted by Gasteiger charge is 2.14. The third-order valence-corrected chi connectivity index (χ3v) is 4.10. The Labute approximate surface area is 127 Å². The van der Waals surface area contributed by atoms with E-state index in [9.17, 15) is 4.79 Å². The molecule has 0 bridgehead atoms. The van der Waals surface area contributed by atoms with Crippen molar-refractivity contribution in [3.8, 4) is 5.75 Å². The Morgan fingerprint density at radius 1 is 1.24 bits per heavy atom. The molecule has 1 aromatic rings. The number of carbonyl (C=O) groups is 1. The Balaban J connectivity index is 1.95. The molecule has 0 spiro atoms. The molecule has 1 aromatic carbocycles. The van der Waals surface area contributed by atoms with Crippen LogP contribution in [0.2, 0.25) is 0 Å². The van der Waals surface area contributed by atoms with Gasteiger partial charge in [0, 0.05) is 17.7 Å². The molecule has 116 valence electrons. The highest BCUT2D eigenvalue weighted by atomic mass is 16.5. The van der Waals surface area contributed by atoms with Crippen LogP contribution < -0.4 is 4.74 Å². The van der Waals surface area contributed by atoms with Crippen molar-refractivity contribution >= 4 is 5.78 Å². The SMILES string of the molecule is CCOc1ccc(C(C)=O)cc1COCC1CCCCC1. The highest BCUT2D eigenvalue weighted by Crippen LogP contribution is 2.25. The molecule has 0 unspecified atom stereocenters. The Bertz CT molecular complexity index is 462. The van der Waals surface area contributed by atoms with Gasteiger partial charge in [0.25, 0.3) is 0 Å². The van der Waals surface area contributed by atoms with Gasteiger partial charge in [-0.15, -0.1) is 0 Å². The molecule has 0 amide bonds. The van der Waals surface area contributed by atoms with E-state index in [0.717, 1.165) is 23.5 Å². The number of Topliss-reactive ketones (excluding diaryl/α,β-unsaturated/α-hetero) is 1. The van der Waals surface area contributed by atoms with E-state index in [4.69, 9.17) is 9.47 Å². The van der Waals surface area contributed by atoms with Crippen LogP contribution in [0.15, 0.2) is 18.2 Å². The zero-order valence-corrected chi connectivity index (χ0v) is 13.2. The van der Waals surface area contributed by atoms with Crippen molar-refractivity contribution in [2.45, 2.75) is 52.6 Å². The van der Waals surface area contributed by atoms with Crippen molar-refractivity contribution in [3.63, 3.8) is 0 Å². The summed E-state index contributed by atoms with van der Waals surface area (Å²) in [6.07, 6.45) is 6.60. The molecule has 1 aliphatic rings. The lowest BCUT2D eigenvalue weighted by atomic mass is 9.90. The van der Waals surface area contributed by atoms with Crippen LogP contribution >= 0.6 is 0 Å². The van der Waals surface area contributed by atoms with Crippen LogP contribution in [-0.4, -0.2) is 19.0 Å². The summed E-state index contributed by atoms with van der Waals surface area (Å²) in [5.41, 5.74) is 1.69. The average molecular weight is 290 g/mol. The number of rotatable bonds is 7. The zero-order chi connectivity index (χ0) is 15.1. The molecule has 2 rings (SSSR count). The number of benzene rings is 1. The van der Waals surface area contributed by atoms with Crippen molar-refractivity contribution < 1.29 is 14.3 Å². The summed E-state index contributed by atoms with van der Waals surface area (Å²) in [7, 11) is 0. The van der Waals surface area contributed by atoms with Crippen molar-refractivity contribution in [2.75, 3.05) is 13.2 Å². The van der Waals surface area contributed by atoms with Crippen LogP contribution in [0, 0.1) is 5.92 Å². The molecule has 0 atom stereocenters. The maximum atomic E-state index is 11.5. The summed E-state index contributed by atoms with van der Waals surface area (Å²) in [5, 5.41) is 0. The lowest BCUT2D eigenvalue weighted by Crippen LogP contribution is -2.13. The van der Waals surface area contributed by atoms with Crippen LogP contribution in [0.25, 0.3) is 0 Å². The predicted octanol–water partition coefficient (Wildman–Crippen LogP) is 4.38. The first-order valence-corrected chi connectivity index (χ1v) is 8.05. The van der Waals surface area contributed by atoms with Gasteiger partial charge in [0.1, 0.15) is 5.75 Å². The Hall–Kier alpha value is -1.35. The summed E-state index contributed by atoms with van der Waals surface area (Å²) in [6.45, 7) is 5.51. The summed E-state index contributed by atoms with van der Waals surface area (Å²) in [5.74, 6) is 1.60. The minimum Gasteiger partial charge on any atom is -0.494 e. The number of ether oxygens (including phenoxy) is 2. The molecule has 0 N–H and O–H groups in total. The molecule has 0 radical (unpaired) electrons. The molecule has 1 aliphatic carbocycles. The molecular formula is C18H26O3. The number of hydrogen-bond donors (Lipinski definition) is 0. The van der Waals surface area contributed by atoms with Crippen molar-refractivity contribution in [1.82, 2.24) is 0 Å². The van der Waals surface area contributed by atoms with Crippen LogP contribution in [0.5, 0.6) is 5.75 Å². The second-order valence-electron chi connectivity index (χ2n) is 5.83. The van der Waals surface area contributed by atoms with E-state index < -0.39 is 0 Å². The van der Waals surface area contributed by atoms with E-state index in [1.165, 1.54) is 32.1 Å². The second kappa shape index (κ2) is 8.18. The summed E-state index contributed by atoms with van der Waals surface area (Å²) in [6, 6.07) is 5.59. The van der Waals surface area contributed by atoms with Crippen LogP contribution in [0.1, 0.15) is 61.9 Å². The molecule has 1 saturated carbocycles. The second-order valence-corrected chi connectivity index (χ2v) is 5.83. The van der Waals surface area contributed by atoms with E-state index in [1.54, 1.807) is 6.92 Å². The largest absolute Gasteiger partial charge is 0.494 e. The lowest BCUT2D eigenvalue weighted by molar-refractivity contribution is 0.0724. The van der Waals surface area contributed by atoms with Crippen LogP contribution in [-0.2, 0) is 11.3 Å². The Morgan fingerprint density at radius 2 is 2.00 bits per heavy atom. The van der Waals surface area contributed by atoms with Gasteiger partial charge in [0.15, 0.2) is 5.78 Å². The smallest absolute Gasteiger partial charge is 0.159 e. The Kier molecular flexibility index (Phi) is 6.24. The lowest BCUT2D eigenvalue weighted by Gasteiger charge is -2.21. The van der Waals surface area contributed by atoms with Gasteiger partial charge < -0.3 is 9.47 Å². The van der Waals surface area contributed by atoms with Gasteiger partial charge in [-0.3, -0.25) is 4.79 Å². The molecule has 0 saturated heterocycles. The maximum absolute atomic E-state index is 11.5. The number of carbonyl (C=O) groups excluding carboxylic acids is 1. The van der Waals surface area contributed by atoms with Gasteiger partial charge in [-0.05, 0) is 50.8 Å². The number of hydrogen-bond acceptors (Lipinski definition) is 3. The molecule has 21 heavy (non-hydrogen) atoms. The third kappa shape index (κ3) is 4.85. The summed E-state index contributed by atoms with van der Waals surface area (Å²) in [4.78, 5) is 11.5. The summed E-state index contributed by atoms with van der Waals surface area (Å²) < 4.78 is 11.5. The fourth-order valence-corrected chi connectivity index (χ4v) is 2.90. The Morgan fingerprint density at radius 3 is 2.67 bits per heavy atom. The van der Waals surface area contributed by atoms with Gasteiger partial charge in [0.05, 0.1) is 13.2 Å². The van der Waals surface area contributed by atoms with E-state index in [0.29, 0.717) is 19.1 Å². The van der Waals surface area contributed by atoms with Crippen LogP contribution in [0.4, 0.5) is 0 Å². The molecule has 1 fully saturated rings. The average Bonchev–Trinajstić information content (AvgIpc) is 2.50. The fourth-order valence-electron chi connectivity index (χ4n) is 2.90. The first-order valence-electron chi connectivity index (χ1n) is 8.05. The standard InChI is InChI=1S/C18H26O3/c1-3-21-18-10-9-16(14(2)19)11-17(18)13-20-12-15-7-5-4-6-8-15/h9-11,15H,3-8,12-13H2,1-2H3. The predicted molar refractivity (Wildman–Crippen MR) is 83.8 cm³/mol.